The number of benzene rings is 1. The molecule has 1 aliphatic heterocycles. The van der Waals surface area contributed by atoms with Gasteiger partial charge in [-0.05, 0) is 25.0 Å². The van der Waals surface area contributed by atoms with Crippen LogP contribution in [-0.2, 0) is 16.8 Å². The SMILES string of the molecule is CC(C)(C)c1nc2ccccc2n1CC(=O)N1CCCC1. The summed E-state index contributed by atoms with van der Waals surface area (Å²) in [5, 5.41) is 0. The van der Waals surface area contributed by atoms with E-state index >= 15 is 0 Å². The third-order valence-electron chi connectivity index (χ3n) is 4.08. The van der Waals surface area contributed by atoms with E-state index in [9.17, 15) is 4.79 Å². The smallest absolute Gasteiger partial charge is 0.242 e. The molecular formula is C17H23N3O. The first-order chi connectivity index (χ1) is 9.97. The molecular weight excluding hydrogens is 262 g/mol. The van der Waals surface area contributed by atoms with Gasteiger partial charge in [-0.15, -0.1) is 0 Å². The predicted octanol–water partition coefficient (Wildman–Crippen LogP) is 2.96. The lowest BCUT2D eigenvalue weighted by Gasteiger charge is -2.22. The van der Waals surface area contributed by atoms with E-state index in [0.29, 0.717) is 6.54 Å². The van der Waals surface area contributed by atoms with Crippen LogP contribution in [0.5, 0.6) is 0 Å². The molecule has 2 aromatic rings. The van der Waals surface area contributed by atoms with E-state index in [-0.39, 0.29) is 11.3 Å². The number of imidazole rings is 1. The van der Waals surface area contributed by atoms with Gasteiger partial charge in [0.05, 0.1) is 11.0 Å². The van der Waals surface area contributed by atoms with Gasteiger partial charge in [0.1, 0.15) is 12.4 Å². The quantitative estimate of drug-likeness (QED) is 0.851. The van der Waals surface area contributed by atoms with Crippen LogP contribution in [0.3, 0.4) is 0 Å². The molecule has 0 N–H and O–H groups in total. The van der Waals surface area contributed by atoms with Crippen molar-refractivity contribution >= 4 is 16.9 Å². The van der Waals surface area contributed by atoms with Crippen LogP contribution in [0, 0.1) is 0 Å². The first-order valence-electron chi connectivity index (χ1n) is 7.70. The molecule has 0 atom stereocenters. The number of aromatic nitrogens is 2. The van der Waals surface area contributed by atoms with E-state index < -0.39 is 0 Å². The minimum atomic E-state index is -0.0791. The molecule has 1 aromatic carbocycles. The van der Waals surface area contributed by atoms with Crippen LogP contribution in [-0.4, -0.2) is 33.4 Å². The average Bonchev–Trinajstić information content (AvgIpc) is 3.06. The Kier molecular flexibility index (Phi) is 3.47. The summed E-state index contributed by atoms with van der Waals surface area (Å²) in [4.78, 5) is 19.2. The summed E-state index contributed by atoms with van der Waals surface area (Å²) < 4.78 is 2.09. The van der Waals surface area contributed by atoms with Crippen LogP contribution in [0.25, 0.3) is 11.0 Å². The van der Waals surface area contributed by atoms with Crippen LogP contribution < -0.4 is 0 Å². The van der Waals surface area contributed by atoms with E-state index in [4.69, 9.17) is 4.98 Å². The largest absolute Gasteiger partial charge is 0.341 e. The summed E-state index contributed by atoms with van der Waals surface area (Å²) in [6.07, 6.45) is 2.26. The molecule has 1 saturated heterocycles. The fourth-order valence-corrected chi connectivity index (χ4v) is 3.01. The van der Waals surface area contributed by atoms with Crippen molar-refractivity contribution in [1.82, 2.24) is 14.5 Å². The predicted molar refractivity (Wildman–Crippen MR) is 84.2 cm³/mol. The first kappa shape index (κ1) is 14.1. The third-order valence-corrected chi connectivity index (χ3v) is 4.08. The Morgan fingerprint density at radius 3 is 2.52 bits per heavy atom. The van der Waals surface area contributed by atoms with Gasteiger partial charge in [-0.2, -0.15) is 0 Å². The number of para-hydroxylation sites is 2. The topological polar surface area (TPSA) is 38.1 Å². The highest BCUT2D eigenvalue weighted by Gasteiger charge is 2.26. The van der Waals surface area contributed by atoms with Gasteiger partial charge in [0.25, 0.3) is 0 Å². The average molecular weight is 285 g/mol. The molecule has 1 aliphatic rings. The van der Waals surface area contributed by atoms with Gasteiger partial charge >= 0.3 is 0 Å². The van der Waals surface area contributed by atoms with Crippen LogP contribution in [0.15, 0.2) is 24.3 Å². The maximum atomic E-state index is 12.5. The van der Waals surface area contributed by atoms with Gasteiger partial charge in [0.15, 0.2) is 0 Å². The lowest BCUT2D eigenvalue weighted by Crippen LogP contribution is -2.32. The highest BCUT2D eigenvalue weighted by molar-refractivity contribution is 5.81. The molecule has 0 aliphatic carbocycles. The van der Waals surface area contributed by atoms with Crippen molar-refractivity contribution in [3.8, 4) is 0 Å². The second-order valence-corrected chi connectivity index (χ2v) is 6.85. The second kappa shape index (κ2) is 5.17. The standard InChI is InChI=1S/C17H23N3O/c1-17(2,3)16-18-13-8-4-5-9-14(13)20(16)12-15(21)19-10-6-7-11-19/h4-5,8-9H,6-7,10-12H2,1-3H3. The molecule has 0 bridgehead atoms. The molecule has 112 valence electrons. The maximum Gasteiger partial charge on any atom is 0.242 e. The minimum absolute atomic E-state index is 0.0791. The number of nitrogens with zero attached hydrogens (tertiary/aromatic N) is 3. The molecule has 1 amide bonds. The van der Waals surface area contributed by atoms with Crippen LogP contribution in [0.4, 0.5) is 0 Å². The van der Waals surface area contributed by atoms with E-state index in [0.717, 1.165) is 42.8 Å². The molecule has 4 nitrogen and oxygen atoms in total. The molecule has 0 saturated carbocycles. The normalized spacial score (nSPS) is 15.9. The number of hydrogen-bond acceptors (Lipinski definition) is 2. The van der Waals surface area contributed by atoms with Gasteiger partial charge in [-0.3, -0.25) is 4.79 Å². The third kappa shape index (κ3) is 2.67. The summed E-state index contributed by atoms with van der Waals surface area (Å²) in [6, 6.07) is 8.07. The van der Waals surface area contributed by atoms with Crippen molar-refractivity contribution in [1.29, 1.82) is 0 Å². The van der Waals surface area contributed by atoms with Crippen molar-refractivity contribution in [3.05, 3.63) is 30.1 Å². The molecule has 4 heteroatoms. The van der Waals surface area contributed by atoms with Crippen molar-refractivity contribution < 1.29 is 4.79 Å². The maximum absolute atomic E-state index is 12.5. The molecule has 1 aromatic heterocycles. The van der Waals surface area contributed by atoms with Crippen molar-refractivity contribution in [2.75, 3.05) is 13.1 Å². The summed E-state index contributed by atoms with van der Waals surface area (Å²) in [6.45, 7) is 8.63. The fourth-order valence-electron chi connectivity index (χ4n) is 3.01. The minimum Gasteiger partial charge on any atom is -0.341 e. The monoisotopic (exact) mass is 285 g/mol. The molecule has 0 unspecified atom stereocenters. The van der Waals surface area contributed by atoms with E-state index in [1.165, 1.54) is 0 Å². The number of likely N-dealkylation sites (tertiary alicyclic amines) is 1. The van der Waals surface area contributed by atoms with Gasteiger partial charge in [-0.1, -0.05) is 32.9 Å². The number of carbonyl (C=O) groups excluding carboxylic acids is 1. The van der Waals surface area contributed by atoms with Crippen molar-refractivity contribution in [2.24, 2.45) is 0 Å². The van der Waals surface area contributed by atoms with E-state index in [2.05, 4.69) is 31.4 Å². The van der Waals surface area contributed by atoms with Gasteiger partial charge < -0.3 is 9.47 Å². The Labute approximate surface area is 125 Å². The van der Waals surface area contributed by atoms with Crippen LogP contribution >= 0.6 is 0 Å². The zero-order valence-electron chi connectivity index (χ0n) is 13.1. The summed E-state index contributed by atoms with van der Waals surface area (Å²) in [5.74, 6) is 1.19. The fraction of sp³-hybridized carbons (Fsp3) is 0.529. The number of fused-ring (bicyclic) bond motifs is 1. The highest BCUT2D eigenvalue weighted by Crippen LogP contribution is 2.26. The lowest BCUT2D eigenvalue weighted by molar-refractivity contribution is -0.130. The number of carbonyl (C=O) groups is 1. The summed E-state index contributed by atoms with van der Waals surface area (Å²) >= 11 is 0. The zero-order chi connectivity index (χ0) is 15.0. The molecule has 21 heavy (non-hydrogen) atoms. The first-order valence-corrected chi connectivity index (χ1v) is 7.70. The Morgan fingerprint density at radius 2 is 1.86 bits per heavy atom. The molecule has 0 radical (unpaired) electrons. The Balaban J connectivity index is 2.01. The van der Waals surface area contributed by atoms with Crippen molar-refractivity contribution in [3.63, 3.8) is 0 Å². The van der Waals surface area contributed by atoms with Gasteiger partial charge in [0.2, 0.25) is 5.91 Å². The number of rotatable bonds is 2. The highest BCUT2D eigenvalue weighted by atomic mass is 16.2. The van der Waals surface area contributed by atoms with Crippen LogP contribution in [0.2, 0.25) is 0 Å². The molecule has 2 heterocycles. The van der Waals surface area contributed by atoms with Crippen LogP contribution in [0.1, 0.15) is 39.4 Å². The Hall–Kier alpha value is -1.84. The number of hydrogen-bond donors (Lipinski definition) is 0. The summed E-state index contributed by atoms with van der Waals surface area (Å²) in [5.41, 5.74) is 1.94. The van der Waals surface area contributed by atoms with Gasteiger partial charge in [0, 0.05) is 18.5 Å². The Morgan fingerprint density at radius 1 is 1.19 bits per heavy atom. The summed E-state index contributed by atoms with van der Waals surface area (Å²) in [7, 11) is 0. The molecule has 1 fully saturated rings. The van der Waals surface area contributed by atoms with E-state index in [1.807, 2.05) is 23.1 Å². The van der Waals surface area contributed by atoms with E-state index in [1.54, 1.807) is 0 Å². The second-order valence-electron chi connectivity index (χ2n) is 6.85. The lowest BCUT2D eigenvalue weighted by atomic mass is 9.95. The Bertz CT molecular complexity index is 660. The zero-order valence-corrected chi connectivity index (χ0v) is 13.1. The molecule has 0 spiro atoms. The number of amides is 1. The van der Waals surface area contributed by atoms with Gasteiger partial charge in [-0.25, -0.2) is 4.98 Å². The molecule has 3 rings (SSSR count). The van der Waals surface area contributed by atoms with Crippen molar-refractivity contribution in [2.45, 2.75) is 45.6 Å².